The van der Waals surface area contributed by atoms with Gasteiger partial charge < -0.3 is 20.1 Å². The quantitative estimate of drug-likeness (QED) is 0.556. The van der Waals surface area contributed by atoms with Gasteiger partial charge in [-0.15, -0.1) is 0 Å². The predicted molar refractivity (Wildman–Crippen MR) is 127 cm³/mol. The molecule has 2 aromatic rings. The Bertz CT molecular complexity index is 926. The molecule has 32 heavy (non-hydrogen) atoms. The molecule has 2 N–H and O–H groups in total. The molecule has 3 rings (SSSR count). The number of ether oxygens (including phenoxy) is 1. The van der Waals surface area contributed by atoms with E-state index in [1.807, 2.05) is 31.2 Å². The van der Waals surface area contributed by atoms with E-state index in [4.69, 9.17) is 21.4 Å². The Kier molecular flexibility index (Phi) is 8.39. The minimum absolute atomic E-state index is 0.0927. The van der Waals surface area contributed by atoms with Crippen molar-refractivity contribution in [2.45, 2.75) is 58.1 Å². The van der Waals surface area contributed by atoms with Crippen molar-refractivity contribution in [3.05, 3.63) is 58.6 Å². The lowest BCUT2D eigenvalue weighted by Gasteiger charge is -2.30. The van der Waals surface area contributed by atoms with E-state index in [1.54, 1.807) is 25.1 Å². The number of amides is 1. The summed E-state index contributed by atoms with van der Waals surface area (Å²) in [5, 5.41) is 12.8. The first-order chi connectivity index (χ1) is 15.4. The standard InChI is InChI=1S/C25H31ClN2O4/c1-3-23(25(30)31)32-20-10-7-18(8-11-20)15-17(2)27-24(29)21-16-19(26)9-12-22(21)28-13-5-4-6-14-28/h7-12,16-17,23H,3-6,13-15H2,1-2H3,(H,27,29)(H,30,31). The molecule has 6 nitrogen and oxygen atoms in total. The molecule has 1 aliphatic rings. The fourth-order valence-electron chi connectivity index (χ4n) is 3.98. The first-order valence-electron chi connectivity index (χ1n) is 11.2. The highest BCUT2D eigenvalue weighted by Gasteiger charge is 2.20. The van der Waals surface area contributed by atoms with Gasteiger partial charge in [-0.25, -0.2) is 4.79 Å². The van der Waals surface area contributed by atoms with Crippen LogP contribution in [0.25, 0.3) is 0 Å². The number of carbonyl (C=O) groups is 2. The molecule has 0 saturated carbocycles. The van der Waals surface area contributed by atoms with Crippen molar-refractivity contribution in [3.8, 4) is 5.75 Å². The van der Waals surface area contributed by atoms with Crippen molar-refractivity contribution in [2.75, 3.05) is 18.0 Å². The largest absolute Gasteiger partial charge is 0.479 e. The Balaban J connectivity index is 1.62. The van der Waals surface area contributed by atoms with Crippen LogP contribution in [-0.4, -0.2) is 42.2 Å². The van der Waals surface area contributed by atoms with Gasteiger partial charge in [0.15, 0.2) is 6.10 Å². The third kappa shape index (κ3) is 6.39. The summed E-state index contributed by atoms with van der Waals surface area (Å²) in [6.07, 6.45) is 3.66. The van der Waals surface area contributed by atoms with Gasteiger partial charge in [0.05, 0.1) is 5.56 Å². The SMILES string of the molecule is CCC(Oc1ccc(CC(C)NC(=O)c2cc(Cl)ccc2N2CCCCC2)cc1)C(=O)O. The van der Waals surface area contributed by atoms with Crippen LogP contribution in [-0.2, 0) is 11.2 Å². The number of halogens is 1. The molecule has 0 aliphatic carbocycles. The van der Waals surface area contributed by atoms with E-state index in [-0.39, 0.29) is 11.9 Å². The molecular formula is C25H31ClN2O4. The molecule has 1 fully saturated rings. The van der Waals surface area contributed by atoms with Crippen molar-refractivity contribution in [3.63, 3.8) is 0 Å². The lowest BCUT2D eigenvalue weighted by atomic mass is 10.0. The van der Waals surface area contributed by atoms with Crippen LogP contribution in [0.15, 0.2) is 42.5 Å². The van der Waals surface area contributed by atoms with E-state index >= 15 is 0 Å². The molecular weight excluding hydrogens is 428 g/mol. The number of nitrogens with zero attached hydrogens (tertiary/aromatic N) is 1. The normalized spacial score (nSPS) is 15.7. The van der Waals surface area contributed by atoms with Gasteiger partial charge >= 0.3 is 5.97 Å². The highest BCUT2D eigenvalue weighted by Crippen LogP contribution is 2.27. The van der Waals surface area contributed by atoms with Gasteiger partial charge in [0.2, 0.25) is 0 Å². The van der Waals surface area contributed by atoms with Crippen molar-refractivity contribution in [2.24, 2.45) is 0 Å². The van der Waals surface area contributed by atoms with E-state index in [0.717, 1.165) is 37.2 Å². The summed E-state index contributed by atoms with van der Waals surface area (Å²) in [6.45, 7) is 5.64. The smallest absolute Gasteiger partial charge is 0.344 e. The molecule has 1 aliphatic heterocycles. The topological polar surface area (TPSA) is 78.9 Å². The van der Waals surface area contributed by atoms with Crippen LogP contribution in [0.3, 0.4) is 0 Å². The Morgan fingerprint density at radius 1 is 1.12 bits per heavy atom. The number of piperidine rings is 1. The van der Waals surface area contributed by atoms with Crippen molar-refractivity contribution >= 4 is 29.2 Å². The second kappa shape index (κ2) is 11.2. The van der Waals surface area contributed by atoms with E-state index in [2.05, 4.69) is 10.2 Å². The number of hydrogen-bond acceptors (Lipinski definition) is 4. The van der Waals surface area contributed by atoms with Crippen molar-refractivity contribution in [1.82, 2.24) is 5.32 Å². The molecule has 1 saturated heterocycles. The number of nitrogens with one attached hydrogen (secondary N) is 1. The molecule has 0 spiro atoms. The Labute approximate surface area is 194 Å². The van der Waals surface area contributed by atoms with E-state index in [0.29, 0.717) is 29.2 Å². The predicted octanol–water partition coefficient (Wildman–Crippen LogP) is 4.93. The van der Waals surface area contributed by atoms with Crippen LogP contribution in [0.1, 0.15) is 55.5 Å². The number of hydrogen-bond donors (Lipinski definition) is 2. The second-order valence-electron chi connectivity index (χ2n) is 8.28. The monoisotopic (exact) mass is 458 g/mol. The van der Waals surface area contributed by atoms with Crippen molar-refractivity contribution < 1.29 is 19.4 Å². The highest BCUT2D eigenvalue weighted by molar-refractivity contribution is 6.31. The molecule has 172 valence electrons. The molecule has 0 radical (unpaired) electrons. The average molecular weight is 459 g/mol. The summed E-state index contributed by atoms with van der Waals surface area (Å²) in [5.41, 5.74) is 2.56. The van der Waals surface area contributed by atoms with Gasteiger partial charge in [-0.1, -0.05) is 30.7 Å². The summed E-state index contributed by atoms with van der Waals surface area (Å²) >= 11 is 6.20. The summed E-state index contributed by atoms with van der Waals surface area (Å²) in [7, 11) is 0. The maximum absolute atomic E-state index is 13.1. The summed E-state index contributed by atoms with van der Waals surface area (Å²) in [4.78, 5) is 26.5. The van der Waals surface area contributed by atoms with Crippen molar-refractivity contribution in [1.29, 1.82) is 0 Å². The maximum atomic E-state index is 13.1. The maximum Gasteiger partial charge on any atom is 0.344 e. The summed E-state index contributed by atoms with van der Waals surface area (Å²) in [5.74, 6) is -0.588. The molecule has 2 atom stereocenters. The number of carboxylic acids is 1. The van der Waals surface area contributed by atoms with Gasteiger partial charge in [-0.05, 0) is 74.9 Å². The Morgan fingerprint density at radius 2 is 1.81 bits per heavy atom. The lowest BCUT2D eigenvalue weighted by molar-refractivity contribution is -0.145. The molecule has 7 heteroatoms. The van der Waals surface area contributed by atoms with Gasteiger partial charge in [-0.2, -0.15) is 0 Å². The minimum atomic E-state index is -0.974. The molecule has 2 aromatic carbocycles. The minimum Gasteiger partial charge on any atom is -0.479 e. The zero-order valence-corrected chi connectivity index (χ0v) is 19.4. The van der Waals surface area contributed by atoms with Crippen LogP contribution >= 0.6 is 11.6 Å². The average Bonchev–Trinajstić information content (AvgIpc) is 2.78. The van der Waals surface area contributed by atoms with Gasteiger partial charge in [0, 0.05) is 29.8 Å². The van der Waals surface area contributed by atoms with Gasteiger partial charge in [0.1, 0.15) is 5.75 Å². The third-order valence-corrected chi connectivity index (χ3v) is 5.90. The number of anilines is 1. The molecule has 1 amide bonds. The highest BCUT2D eigenvalue weighted by atomic mass is 35.5. The van der Waals surface area contributed by atoms with Crippen LogP contribution in [0.4, 0.5) is 5.69 Å². The number of carboxylic acid groups (broad SMARTS) is 1. The fourth-order valence-corrected chi connectivity index (χ4v) is 4.16. The number of aliphatic carboxylic acids is 1. The third-order valence-electron chi connectivity index (χ3n) is 5.67. The van der Waals surface area contributed by atoms with Gasteiger partial charge in [-0.3, -0.25) is 4.79 Å². The van der Waals surface area contributed by atoms with Gasteiger partial charge in [0.25, 0.3) is 5.91 Å². The first-order valence-corrected chi connectivity index (χ1v) is 11.6. The Morgan fingerprint density at radius 3 is 2.44 bits per heavy atom. The second-order valence-corrected chi connectivity index (χ2v) is 8.72. The number of rotatable bonds is 9. The molecule has 2 unspecified atom stereocenters. The van der Waals surface area contributed by atoms with Crippen LogP contribution in [0.5, 0.6) is 5.75 Å². The first kappa shape index (κ1) is 23.9. The van der Waals surface area contributed by atoms with E-state index < -0.39 is 12.1 Å². The molecule has 0 bridgehead atoms. The van der Waals surface area contributed by atoms with Crippen LogP contribution in [0.2, 0.25) is 5.02 Å². The van der Waals surface area contributed by atoms with E-state index in [9.17, 15) is 9.59 Å². The fraction of sp³-hybridized carbons (Fsp3) is 0.440. The number of carbonyl (C=O) groups excluding carboxylic acids is 1. The summed E-state index contributed by atoms with van der Waals surface area (Å²) in [6, 6.07) is 12.7. The molecule has 0 aromatic heterocycles. The lowest BCUT2D eigenvalue weighted by Crippen LogP contribution is -2.36. The Hall–Kier alpha value is -2.73. The summed E-state index contributed by atoms with van der Waals surface area (Å²) < 4.78 is 5.50. The molecule has 1 heterocycles. The number of benzene rings is 2. The zero-order chi connectivity index (χ0) is 23.1. The van der Waals surface area contributed by atoms with Crippen LogP contribution < -0.4 is 15.0 Å². The zero-order valence-electron chi connectivity index (χ0n) is 18.6. The van der Waals surface area contributed by atoms with E-state index in [1.165, 1.54) is 6.42 Å². The van der Waals surface area contributed by atoms with Crippen LogP contribution in [0, 0.1) is 0 Å².